The lowest BCUT2D eigenvalue weighted by Crippen LogP contribution is -2.57. The third-order valence-electron chi connectivity index (χ3n) is 7.43. The maximum absolute atomic E-state index is 13.6. The molecule has 33 heavy (non-hydrogen) atoms. The van der Waals surface area contributed by atoms with Crippen LogP contribution in [0.25, 0.3) is 5.76 Å². The molecule has 2 aliphatic rings. The van der Waals surface area contributed by atoms with Crippen molar-refractivity contribution in [2.24, 2.45) is 17.8 Å². The number of likely N-dealkylation sites (tertiary alicyclic amines) is 1. The Morgan fingerprint density at radius 2 is 2.06 bits per heavy atom. The number of rotatable bonds is 7. The fourth-order valence-electron chi connectivity index (χ4n) is 5.63. The number of aromatic nitrogens is 1. The van der Waals surface area contributed by atoms with Crippen molar-refractivity contribution >= 4 is 34.9 Å². The van der Waals surface area contributed by atoms with Crippen molar-refractivity contribution in [2.75, 3.05) is 13.2 Å². The second-order valence-electron chi connectivity index (χ2n) is 9.29. The first-order valence-corrected chi connectivity index (χ1v) is 12.2. The molecule has 0 radical (unpaired) electrons. The number of fused-ring (bicyclic) bond motifs is 1. The fourth-order valence-corrected chi connectivity index (χ4v) is 6.21. The van der Waals surface area contributed by atoms with Gasteiger partial charge in [0.2, 0.25) is 5.91 Å². The highest BCUT2D eigenvalue weighted by molar-refractivity contribution is 6.37. The van der Waals surface area contributed by atoms with Crippen molar-refractivity contribution in [1.29, 1.82) is 0 Å². The zero-order valence-electron chi connectivity index (χ0n) is 19.3. The van der Waals surface area contributed by atoms with Crippen LogP contribution in [0, 0.1) is 17.8 Å². The van der Waals surface area contributed by atoms with E-state index in [-0.39, 0.29) is 40.3 Å². The van der Waals surface area contributed by atoms with Crippen LogP contribution in [0.2, 0.25) is 10.0 Å². The number of nitrogens with zero attached hydrogens (tertiary/aromatic N) is 2. The third-order valence-corrected chi connectivity index (χ3v) is 8.16. The smallest absolute Gasteiger partial charge is 0.266 e. The van der Waals surface area contributed by atoms with Gasteiger partial charge in [-0.25, -0.2) is 13.8 Å². The highest BCUT2D eigenvalue weighted by atomic mass is 35.5. The molecule has 1 N–H and O–H groups in total. The topological polar surface area (TPSA) is 62.7 Å². The molecule has 1 aromatic heterocycles. The number of alkyl halides is 2. The van der Waals surface area contributed by atoms with Crippen LogP contribution in [-0.4, -0.2) is 52.1 Å². The molecule has 1 aromatic rings. The molecule has 0 unspecified atom stereocenters. The van der Waals surface area contributed by atoms with Gasteiger partial charge in [0.1, 0.15) is 17.1 Å². The Morgan fingerprint density at radius 3 is 2.70 bits per heavy atom. The molecule has 2 fully saturated rings. The maximum atomic E-state index is 13.6. The van der Waals surface area contributed by atoms with E-state index >= 15 is 0 Å². The number of halogens is 4. The molecule has 2 heterocycles. The second-order valence-corrected chi connectivity index (χ2v) is 10.1. The molecular weight excluding hydrogens is 473 g/mol. The first-order valence-electron chi connectivity index (χ1n) is 11.5. The average molecular weight is 505 g/mol. The molecule has 1 aliphatic carbocycles. The molecule has 0 aromatic carbocycles. The Hall–Kier alpha value is -1.44. The summed E-state index contributed by atoms with van der Waals surface area (Å²) in [4.78, 5) is 19.3. The summed E-state index contributed by atoms with van der Waals surface area (Å²) in [6, 6.07) is -0.134. The third kappa shape index (κ3) is 5.15. The highest BCUT2D eigenvalue weighted by Gasteiger charge is 2.51. The molecule has 1 amide bonds. The Morgan fingerprint density at radius 1 is 1.36 bits per heavy atom. The van der Waals surface area contributed by atoms with Crippen LogP contribution < -0.4 is 0 Å². The van der Waals surface area contributed by atoms with Gasteiger partial charge in [-0.3, -0.25) is 4.79 Å². The van der Waals surface area contributed by atoms with Crippen LogP contribution in [0.4, 0.5) is 8.78 Å². The van der Waals surface area contributed by atoms with E-state index in [0.29, 0.717) is 43.0 Å². The van der Waals surface area contributed by atoms with Crippen LogP contribution in [0.1, 0.15) is 57.7 Å². The number of hydrogen-bond donors (Lipinski definition) is 1. The molecule has 184 valence electrons. The molecule has 0 spiro atoms. The second kappa shape index (κ2) is 10.4. The Labute approximate surface area is 204 Å². The van der Waals surface area contributed by atoms with Gasteiger partial charge < -0.3 is 14.7 Å². The molecule has 1 saturated heterocycles. The highest BCUT2D eigenvalue weighted by Crippen LogP contribution is 2.48. The minimum absolute atomic E-state index is 0.00744. The van der Waals surface area contributed by atoms with Crippen LogP contribution in [-0.2, 0) is 16.0 Å². The molecule has 5 nitrogen and oxygen atoms in total. The van der Waals surface area contributed by atoms with Crippen LogP contribution in [0.5, 0.6) is 0 Å². The van der Waals surface area contributed by atoms with Gasteiger partial charge in [0.15, 0.2) is 0 Å². The Kier molecular flexibility index (Phi) is 8.28. The summed E-state index contributed by atoms with van der Waals surface area (Å²) in [5.74, 6) is -0.292. The number of amides is 1. The van der Waals surface area contributed by atoms with Crippen LogP contribution in [0.15, 0.2) is 12.8 Å². The molecule has 0 bridgehead atoms. The number of pyridine rings is 1. The van der Waals surface area contributed by atoms with E-state index in [1.165, 1.54) is 13.1 Å². The number of hydrogen-bond acceptors (Lipinski definition) is 4. The number of carbonyl (C=O) groups is 1. The Bertz CT molecular complexity index is 897. The van der Waals surface area contributed by atoms with Crippen molar-refractivity contribution in [2.45, 2.75) is 70.9 Å². The average Bonchev–Trinajstić information content (AvgIpc) is 2.76. The summed E-state index contributed by atoms with van der Waals surface area (Å²) < 4.78 is 32.5. The monoisotopic (exact) mass is 504 g/mol. The van der Waals surface area contributed by atoms with Gasteiger partial charge in [-0.05, 0) is 57.8 Å². The fraction of sp³-hybridized carbons (Fsp3) is 0.667. The summed E-state index contributed by atoms with van der Waals surface area (Å²) in [5, 5.41) is 11.0. The predicted octanol–water partition coefficient (Wildman–Crippen LogP) is 5.61. The van der Waals surface area contributed by atoms with Crippen LogP contribution in [0.3, 0.4) is 0 Å². The first-order chi connectivity index (χ1) is 15.5. The van der Waals surface area contributed by atoms with Crippen molar-refractivity contribution in [3.63, 3.8) is 0 Å². The number of ether oxygens (including phenoxy) is 1. The predicted molar refractivity (Wildman–Crippen MR) is 125 cm³/mol. The van der Waals surface area contributed by atoms with E-state index in [2.05, 4.69) is 11.6 Å². The summed E-state index contributed by atoms with van der Waals surface area (Å²) in [7, 11) is 0. The largest absolute Gasteiger partial charge is 0.492 e. The zero-order chi connectivity index (χ0) is 24.5. The van der Waals surface area contributed by atoms with Crippen LogP contribution >= 0.6 is 23.2 Å². The lowest BCUT2D eigenvalue weighted by Gasteiger charge is -2.52. The van der Waals surface area contributed by atoms with E-state index in [1.807, 2.05) is 13.8 Å². The lowest BCUT2D eigenvalue weighted by atomic mass is 9.61. The summed E-state index contributed by atoms with van der Waals surface area (Å²) >= 11 is 12.8. The molecular formula is C24H32Cl2F2N2O3. The van der Waals surface area contributed by atoms with Crippen molar-refractivity contribution in [1.82, 2.24) is 9.88 Å². The van der Waals surface area contributed by atoms with Gasteiger partial charge in [0.25, 0.3) is 6.43 Å². The van der Waals surface area contributed by atoms with Gasteiger partial charge in [-0.2, -0.15) is 0 Å². The summed E-state index contributed by atoms with van der Waals surface area (Å²) in [5.41, 5.74) is -1.21. The Balaban J connectivity index is 1.78. The number of carbonyl (C=O) groups excluding carboxylic acids is 1. The lowest BCUT2D eigenvalue weighted by molar-refractivity contribution is -0.164. The van der Waals surface area contributed by atoms with Crippen molar-refractivity contribution < 1.29 is 23.4 Å². The zero-order valence-corrected chi connectivity index (χ0v) is 20.8. The van der Waals surface area contributed by atoms with Gasteiger partial charge in [0.05, 0.1) is 23.1 Å². The van der Waals surface area contributed by atoms with E-state index in [9.17, 15) is 18.7 Å². The van der Waals surface area contributed by atoms with Gasteiger partial charge in [-0.15, -0.1) is 0 Å². The quantitative estimate of drug-likeness (QED) is 0.490. The number of aliphatic hydroxyl groups is 1. The van der Waals surface area contributed by atoms with E-state index < -0.39 is 17.9 Å². The normalized spacial score (nSPS) is 27.1. The van der Waals surface area contributed by atoms with Gasteiger partial charge in [0, 0.05) is 24.3 Å². The van der Waals surface area contributed by atoms with Crippen molar-refractivity contribution in [3.8, 4) is 0 Å². The molecule has 5 atom stereocenters. The SMILES string of the molecule is C=C(OCC)c1ncc(Cl)c(CC(=O)N2CC[C@@H]3[C@H](CCC[C@H]3[C@](C)(O)C(F)F)[C@@H]2C)c1Cl. The van der Waals surface area contributed by atoms with Crippen molar-refractivity contribution in [3.05, 3.63) is 34.1 Å². The van der Waals surface area contributed by atoms with Gasteiger partial charge in [-0.1, -0.05) is 36.2 Å². The first kappa shape index (κ1) is 26.2. The van der Waals surface area contributed by atoms with E-state index in [0.717, 1.165) is 12.8 Å². The standard InChI is InChI=1S/C24H32Cl2F2N2O3/c1-5-33-14(3)22-21(26)17(19(25)12-29-22)11-20(31)30-10-9-16-15(13(30)2)7-6-8-18(16)24(4,32)23(27)28/h12-13,15-16,18,23,32H,3,5-11H2,1-2,4H3/t13-,15+,16+,18+,24-/m0/s1. The molecule has 1 saturated carbocycles. The minimum Gasteiger partial charge on any atom is -0.492 e. The van der Waals surface area contributed by atoms with Gasteiger partial charge >= 0.3 is 0 Å². The molecule has 3 rings (SSSR count). The molecule has 1 aliphatic heterocycles. The summed E-state index contributed by atoms with van der Waals surface area (Å²) in [6.45, 7) is 9.70. The minimum atomic E-state index is -2.80. The molecule has 9 heteroatoms. The van der Waals surface area contributed by atoms with E-state index in [1.54, 1.807) is 4.90 Å². The number of piperidine rings is 1. The summed E-state index contributed by atoms with van der Waals surface area (Å²) in [6.07, 6.45) is 1.39. The maximum Gasteiger partial charge on any atom is 0.266 e. The van der Waals surface area contributed by atoms with E-state index in [4.69, 9.17) is 27.9 Å².